The van der Waals surface area contributed by atoms with Crippen LogP contribution in [0, 0.1) is 5.92 Å². The smallest absolute Gasteiger partial charge is 0.248 e. The van der Waals surface area contributed by atoms with Gasteiger partial charge in [-0.3, -0.25) is 4.79 Å². The van der Waals surface area contributed by atoms with Crippen LogP contribution >= 0.6 is 0 Å². The van der Waals surface area contributed by atoms with Gasteiger partial charge in [0.1, 0.15) is 6.29 Å². The van der Waals surface area contributed by atoms with E-state index in [0.717, 1.165) is 0 Å². The molecular weight excluding hydrogens is 162 g/mol. The van der Waals surface area contributed by atoms with Crippen molar-refractivity contribution < 1.29 is 13.6 Å². The summed E-state index contributed by atoms with van der Waals surface area (Å²) in [6.45, 7) is 0. The Hall–Kier alpha value is -0.730. The van der Waals surface area contributed by atoms with E-state index in [4.69, 9.17) is 0 Å². The molecule has 12 heavy (non-hydrogen) atoms. The zero-order chi connectivity index (χ0) is 9.03. The standard InChI is InChI=1S/C9H12F2O/c10-9(11)5-3-8(4-6-9)2-1-7-12/h1-2,7-8H,3-6H2/b2-1+. The summed E-state index contributed by atoms with van der Waals surface area (Å²) in [5.41, 5.74) is 0. The lowest BCUT2D eigenvalue weighted by Gasteiger charge is -2.25. The van der Waals surface area contributed by atoms with Crippen LogP contribution in [0.5, 0.6) is 0 Å². The molecule has 1 nitrogen and oxygen atoms in total. The summed E-state index contributed by atoms with van der Waals surface area (Å²) in [6, 6.07) is 0. The quantitative estimate of drug-likeness (QED) is 0.464. The molecule has 1 rings (SSSR count). The molecule has 0 N–H and O–H groups in total. The van der Waals surface area contributed by atoms with Crippen molar-refractivity contribution in [3.8, 4) is 0 Å². The van der Waals surface area contributed by atoms with E-state index >= 15 is 0 Å². The minimum atomic E-state index is -2.47. The molecule has 1 aliphatic carbocycles. The maximum atomic E-state index is 12.6. The van der Waals surface area contributed by atoms with Crippen LogP contribution in [0.3, 0.4) is 0 Å². The number of carbonyl (C=O) groups is 1. The van der Waals surface area contributed by atoms with Gasteiger partial charge in [-0.15, -0.1) is 0 Å². The van der Waals surface area contributed by atoms with Gasteiger partial charge in [-0.25, -0.2) is 8.78 Å². The van der Waals surface area contributed by atoms with E-state index in [0.29, 0.717) is 19.1 Å². The van der Waals surface area contributed by atoms with E-state index < -0.39 is 5.92 Å². The normalized spacial score (nSPS) is 24.5. The van der Waals surface area contributed by atoms with Crippen molar-refractivity contribution in [2.75, 3.05) is 0 Å². The Morgan fingerprint density at radius 3 is 2.33 bits per heavy atom. The Bertz CT molecular complexity index is 177. The van der Waals surface area contributed by atoms with Crippen LogP contribution < -0.4 is 0 Å². The molecule has 0 amide bonds. The lowest BCUT2D eigenvalue weighted by Crippen LogP contribution is -2.23. The average Bonchev–Trinajstić information content (AvgIpc) is 2.03. The van der Waals surface area contributed by atoms with Crippen molar-refractivity contribution in [1.82, 2.24) is 0 Å². The summed E-state index contributed by atoms with van der Waals surface area (Å²) in [4.78, 5) is 9.94. The molecule has 0 saturated heterocycles. The van der Waals surface area contributed by atoms with Crippen LogP contribution in [-0.4, -0.2) is 12.2 Å². The maximum absolute atomic E-state index is 12.6. The highest BCUT2D eigenvalue weighted by Crippen LogP contribution is 2.36. The number of aldehydes is 1. The molecule has 0 aliphatic heterocycles. The minimum absolute atomic E-state index is 0.0408. The SMILES string of the molecule is O=C/C=C/C1CCC(F)(F)CC1. The Labute approximate surface area is 70.5 Å². The third kappa shape index (κ3) is 2.72. The molecule has 0 aromatic carbocycles. The van der Waals surface area contributed by atoms with Crippen molar-refractivity contribution in [2.45, 2.75) is 31.6 Å². The molecule has 0 aromatic rings. The van der Waals surface area contributed by atoms with Crippen molar-refractivity contribution in [3.63, 3.8) is 0 Å². The molecule has 0 atom stereocenters. The minimum Gasteiger partial charge on any atom is -0.299 e. The lowest BCUT2D eigenvalue weighted by atomic mass is 9.87. The first-order valence-electron chi connectivity index (χ1n) is 4.14. The summed E-state index contributed by atoms with van der Waals surface area (Å²) in [5.74, 6) is -2.29. The van der Waals surface area contributed by atoms with Gasteiger partial charge in [0, 0.05) is 12.8 Å². The van der Waals surface area contributed by atoms with Crippen molar-refractivity contribution in [1.29, 1.82) is 0 Å². The third-order valence-corrected chi connectivity index (χ3v) is 2.22. The van der Waals surface area contributed by atoms with Gasteiger partial charge in [-0.2, -0.15) is 0 Å². The topological polar surface area (TPSA) is 17.1 Å². The Kier molecular flexibility index (Phi) is 2.95. The highest BCUT2D eigenvalue weighted by Gasteiger charge is 2.33. The van der Waals surface area contributed by atoms with E-state index in [1.165, 1.54) is 6.08 Å². The number of hydrogen-bond donors (Lipinski definition) is 0. The van der Waals surface area contributed by atoms with Gasteiger partial charge in [0.15, 0.2) is 0 Å². The molecule has 0 spiro atoms. The first-order chi connectivity index (χ1) is 5.64. The predicted octanol–water partition coefficient (Wildman–Crippen LogP) is 2.57. The van der Waals surface area contributed by atoms with Crippen LogP contribution in [0.1, 0.15) is 25.7 Å². The summed E-state index contributed by atoms with van der Waals surface area (Å²) >= 11 is 0. The number of allylic oxidation sites excluding steroid dienone is 2. The van der Waals surface area contributed by atoms with Crippen molar-refractivity contribution >= 4 is 6.29 Å². The van der Waals surface area contributed by atoms with Crippen LogP contribution in [-0.2, 0) is 4.79 Å². The van der Waals surface area contributed by atoms with E-state index in [-0.39, 0.29) is 18.8 Å². The second-order valence-electron chi connectivity index (χ2n) is 3.21. The van der Waals surface area contributed by atoms with Crippen LogP contribution in [0.15, 0.2) is 12.2 Å². The monoisotopic (exact) mass is 174 g/mol. The van der Waals surface area contributed by atoms with Crippen LogP contribution in [0.25, 0.3) is 0 Å². The van der Waals surface area contributed by atoms with Gasteiger partial charge in [0.2, 0.25) is 5.92 Å². The average molecular weight is 174 g/mol. The molecule has 1 saturated carbocycles. The second-order valence-corrected chi connectivity index (χ2v) is 3.21. The Morgan fingerprint density at radius 1 is 1.25 bits per heavy atom. The molecular formula is C9H12F2O. The highest BCUT2D eigenvalue weighted by molar-refractivity contribution is 5.64. The van der Waals surface area contributed by atoms with Gasteiger partial charge in [0.05, 0.1) is 0 Å². The van der Waals surface area contributed by atoms with Crippen LogP contribution in [0.2, 0.25) is 0 Å². The zero-order valence-corrected chi connectivity index (χ0v) is 6.80. The van der Waals surface area contributed by atoms with Crippen molar-refractivity contribution in [3.05, 3.63) is 12.2 Å². The summed E-state index contributed by atoms with van der Waals surface area (Å²) < 4.78 is 25.2. The lowest BCUT2D eigenvalue weighted by molar-refractivity contribution is -0.104. The fourth-order valence-electron chi connectivity index (χ4n) is 1.46. The van der Waals surface area contributed by atoms with Crippen molar-refractivity contribution in [2.24, 2.45) is 5.92 Å². The second kappa shape index (κ2) is 3.78. The van der Waals surface area contributed by atoms with Gasteiger partial charge < -0.3 is 0 Å². The van der Waals surface area contributed by atoms with Crippen LogP contribution in [0.4, 0.5) is 8.78 Å². The Morgan fingerprint density at radius 2 is 1.83 bits per heavy atom. The number of alkyl halides is 2. The highest BCUT2D eigenvalue weighted by atomic mass is 19.3. The molecule has 0 bridgehead atoms. The fraction of sp³-hybridized carbons (Fsp3) is 0.667. The zero-order valence-electron chi connectivity index (χ0n) is 6.80. The van der Waals surface area contributed by atoms with Gasteiger partial charge in [-0.1, -0.05) is 6.08 Å². The summed E-state index contributed by atoms with van der Waals surface area (Å²) in [6.07, 6.45) is 4.72. The first-order valence-corrected chi connectivity index (χ1v) is 4.14. The van der Waals surface area contributed by atoms with E-state index in [2.05, 4.69) is 0 Å². The fourth-order valence-corrected chi connectivity index (χ4v) is 1.46. The number of halogens is 2. The molecule has 3 heteroatoms. The molecule has 0 heterocycles. The molecule has 0 unspecified atom stereocenters. The van der Waals surface area contributed by atoms with Gasteiger partial charge in [0.25, 0.3) is 0 Å². The largest absolute Gasteiger partial charge is 0.299 e. The first kappa shape index (κ1) is 9.36. The Balaban J connectivity index is 2.36. The summed E-state index contributed by atoms with van der Waals surface area (Å²) in [7, 11) is 0. The van der Waals surface area contributed by atoms with E-state index in [1.807, 2.05) is 0 Å². The van der Waals surface area contributed by atoms with E-state index in [1.54, 1.807) is 6.08 Å². The summed E-state index contributed by atoms with van der Waals surface area (Å²) in [5, 5.41) is 0. The van der Waals surface area contributed by atoms with Gasteiger partial charge >= 0.3 is 0 Å². The maximum Gasteiger partial charge on any atom is 0.248 e. The predicted molar refractivity (Wildman–Crippen MR) is 42.1 cm³/mol. The molecule has 68 valence electrons. The van der Waals surface area contributed by atoms with E-state index in [9.17, 15) is 13.6 Å². The number of rotatable bonds is 2. The number of carbonyl (C=O) groups excluding carboxylic acids is 1. The molecule has 1 aliphatic rings. The molecule has 0 aromatic heterocycles. The molecule has 1 fully saturated rings. The molecule has 0 radical (unpaired) electrons. The number of hydrogen-bond acceptors (Lipinski definition) is 1. The third-order valence-electron chi connectivity index (χ3n) is 2.22. The van der Waals surface area contributed by atoms with Gasteiger partial charge in [-0.05, 0) is 24.8 Å².